The summed E-state index contributed by atoms with van der Waals surface area (Å²) in [6, 6.07) is 0. The Morgan fingerprint density at radius 3 is 2.71 bits per heavy atom. The van der Waals surface area contributed by atoms with Crippen LogP contribution in [0.4, 0.5) is 0 Å². The molecule has 0 unspecified atom stereocenters. The quantitative estimate of drug-likeness (QED) is 0.670. The predicted molar refractivity (Wildman–Crippen MR) is 68.6 cm³/mol. The summed E-state index contributed by atoms with van der Waals surface area (Å²) in [7, 11) is 0. The van der Waals surface area contributed by atoms with Crippen LogP contribution in [0.1, 0.15) is 45.4 Å². The summed E-state index contributed by atoms with van der Waals surface area (Å²) in [6.07, 6.45) is 12.1. The van der Waals surface area contributed by atoms with E-state index in [-0.39, 0.29) is 5.91 Å². The monoisotopic (exact) mass is 237 g/mol. The van der Waals surface area contributed by atoms with E-state index in [1.807, 2.05) is 25.6 Å². The van der Waals surface area contributed by atoms with E-state index in [4.69, 9.17) is 0 Å². The lowest BCUT2D eigenvalue weighted by Crippen LogP contribution is -2.21. The molecule has 1 heterocycles. The van der Waals surface area contributed by atoms with Gasteiger partial charge in [0.15, 0.2) is 0 Å². The molecule has 0 spiro atoms. The van der Waals surface area contributed by atoms with Gasteiger partial charge in [-0.15, -0.1) is 0 Å². The van der Waals surface area contributed by atoms with E-state index >= 15 is 0 Å². The molecule has 0 fully saturated rings. The summed E-state index contributed by atoms with van der Waals surface area (Å²) in [6.45, 7) is 3.74. The lowest BCUT2D eigenvalue weighted by Gasteiger charge is -2.03. The van der Waals surface area contributed by atoms with Crippen LogP contribution in [-0.2, 0) is 11.3 Å². The topological polar surface area (TPSA) is 46.9 Å². The second-order valence-corrected chi connectivity index (χ2v) is 4.27. The first-order valence-electron chi connectivity index (χ1n) is 6.55. The maximum atomic E-state index is 11.2. The molecule has 0 aliphatic carbocycles. The zero-order chi connectivity index (χ0) is 12.3. The van der Waals surface area contributed by atoms with Crippen molar-refractivity contribution in [3.63, 3.8) is 0 Å². The number of aromatic nitrogens is 2. The van der Waals surface area contributed by atoms with Crippen molar-refractivity contribution in [3.05, 3.63) is 18.7 Å². The number of hydrogen-bond acceptors (Lipinski definition) is 2. The standard InChI is InChI=1S/C13H23N3O/c1-2-15-13(17)8-6-4-3-5-7-10-16-11-9-14-12-16/h9,11-12H,2-8,10H2,1H3,(H,15,17). The molecule has 1 N–H and O–H groups in total. The molecule has 0 aliphatic heterocycles. The molecule has 4 heteroatoms. The van der Waals surface area contributed by atoms with Crippen molar-refractivity contribution >= 4 is 5.91 Å². The van der Waals surface area contributed by atoms with Gasteiger partial charge in [0.2, 0.25) is 5.91 Å². The molecule has 1 aromatic heterocycles. The highest BCUT2D eigenvalue weighted by Crippen LogP contribution is 2.06. The molecule has 0 atom stereocenters. The lowest BCUT2D eigenvalue weighted by atomic mass is 10.1. The third-order valence-electron chi connectivity index (χ3n) is 2.75. The molecule has 0 bridgehead atoms. The van der Waals surface area contributed by atoms with E-state index in [0.717, 1.165) is 25.9 Å². The maximum absolute atomic E-state index is 11.2. The van der Waals surface area contributed by atoms with Gasteiger partial charge in [-0.05, 0) is 19.8 Å². The van der Waals surface area contributed by atoms with Crippen molar-refractivity contribution in [2.45, 2.75) is 52.0 Å². The number of amides is 1. The van der Waals surface area contributed by atoms with Gasteiger partial charge in [0.25, 0.3) is 0 Å². The van der Waals surface area contributed by atoms with Crippen LogP contribution in [0, 0.1) is 0 Å². The minimum atomic E-state index is 0.186. The number of aryl methyl sites for hydroxylation is 1. The second kappa shape index (κ2) is 8.79. The minimum Gasteiger partial charge on any atom is -0.356 e. The number of imidazole rings is 1. The first kappa shape index (κ1) is 13.7. The summed E-state index contributed by atoms with van der Waals surface area (Å²) in [5.74, 6) is 0.186. The van der Waals surface area contributed by atoms with E-state index in [1.165, 1.54) is 19.3 Å². The Kier molecular flexibility index (Phi) is 7.11. The van der Waals surface area contributed by atoms with Gasteiger partial charge < -0.3 is 9.88 Å². The number of unbranched alkanes of at least 4 members (excludes halogenated alkanes) is 4. The van der Waals surface area contributed by atoms with Crippen LogP contribution in [0.25, 0.3) is 0 Å². The summed E-state index contributed by atoms with van der Waals surface area (Å²) in [5.41, 5.74) is 0. The van der Waals surface area contributed by atoms with Crippen LogP contribution in [0.15, 0.2) is 18.7 Å². The molecule has 17 heavy (non-hydrogen) atoms. The van der Waals surface area contributed by atoms with Crippen molar-refractivity contribution in [2.24, 2.45) is 0 Å². The molecular weight excluding hydrogens is 214 g/mol. The van der Waals surface area contributed by atoms with E-state index in [2.05, 4.69) is 14.9 Å². The number of carbonyl (C=O) groups is 1. The summed E-state index contributed by atoms with van der Waals surface area (Å²) in [5, 5.41) is 2.82. The molecule has 0 aliphatic rings. The van der Waals surface area contributed by atoms with Crippen molar-refractivity contribution in [1.29, 1.82) is 0 Å². The molecule has 96 valence electrons. The van der Waals surface area contributed by atoms with Gasteiger partial charge in [0.1, 0.15) is 0 Å². The SMILES string of the molecule is CCNC(=O)CCCCCCCn1ccnc1. The minimum absolute atomic E-state index is 0.186. The number of rotatable bonds is 9. The Morgan fingerprint density at radius 2 is 2.00 bits per heavy atom. The lowest BCUT2D eigenvalue weighted by molar-refractivity contribution is -0.121. The maximum Gasteiger partial charge on any atom is 0.219 e. The zero-order valence-corrected chi connectivity index (χ0v) is 10.7. The van der Waals surface area contributed by atoms with Crippen LogP contribution in [0.3, 0.4) is 0 Å². The van der Waals surface area contributed by atoms with Crippen molar-refractivity contribution in [1.82, 2.24) is 14.9 Å². The largest absolute Gasteiger partial charge is 0.356 e. The van der Waals surface area contributed by atoms with Gasteiger partial charge in [-0.2, -0.15) is 0 Å². The highest BCUT2D eigenvalue weighted by molar-refractivity contribution is 5.75. The fraction of sp³-hybridized carbons (Fsp3) is 0.692. The molecule has 1 amide bonds. The van der Waals surface area contributed by atoms with Gasteiger partial charge in [-0.1, -0.05) is 19.3 Å². The second-order valence-electron chi connectivity index (χ2n) is 4.27. The first-order chi connectivity index (χ1) is 8.33. The molecule has 0 radical (unpaired) electrons. The highest BCUT2D eigenvalue weighted by Gasteiger charge is 1.98. The average molecular weight is 237 g/mol. The van der Waals surface area contributed by atoms with E-state index in [1.54, 1.807) is 0 Å². The van der Waals surface area contributed by atoms with Crippen LogP contribution in [0.5, 0.6) is 0 Å². The Balaban J connectivity index is 1.86. The smallest absolute Gasteiger partial charge is 0.219 e. The molecule has 1 rings (SSSR count). The Morgan fingerprint density at radius 1 is 1.24 bits per heavy atom. The van der Waals surface area contributed by atoms with Crippen LogP contribution < -0.4 is 5.32 Å². The average Bonchev–Trinajstić information content (AvgIpc) is 2.81. The Bertz CT molecular complexity index is 296. The van der Waals surface area contributed by atoms with Crippen molar-refractivity contribution in [2.75, 3.05) is 6.54 Å². The first-order valence-corrected chi connectivity index (χ1v) is 6.55. The number of nitrogens with one attached hydrogen (secondary N) is 1. The van der Waals surface area contributed by atoms with E-state index in [9.17, 15) is 4.79 Å². The molecule has 0 aromatic carbocycles. The molecule has 1 aromatic rings. The Labute approximate surface area is 103 Å². The van der Waals surface area contributed by atoms with E-state index < -0.39 is 0 Å². The summed E-state index contributed by atoms with van der Waals surface area (Å²) < 4.78 is 2.11. The van der Waals surface area contributed by atoms with Crippen LogP contribution in [-0.4, -0.2) is 22.0 Å². The van der Waals surface area contributed by atoms with E-state index in [0.29, 0.717) is 6.42 Å². The number of hydrogen-bond donors (Lipinski definition) is 1. The highest BCUT2D eigenvalue weighted by atomic mass is 16.1. The van der Waals surface area contributed by atoms with Gasteiger partial charge in [-0.25, -0.2) is 4.98 Å². The summed E-state index contributed by atoms with van der Waals surface area (Å²) >= 11 is 0. The molecule has 0 saturated heterocycles. The fourth-order valence-corrected chi connectivity index (χ4v) is 1.81. The normalized spacial score (nSPS) is 10.4. The predicted octanol–water partition coefficient (Wildman–Crippen LogP) is 2.36. The van der Waals surface area contributed by atoms with Crippen molar-refractivity contribution in [3.8, 4) is 0 Å². The van der Waals surface area contributed by atoms with Gasteiger partial charge in [-0.3, -0.25) is 4.79 Å². The third kappa shape index (κ3) is 6.76. The zero-order valence-electron chi connectivity index (χ0n) is 10.7. The molecule has 0 saturated carbocycles. The fourth-order valence-electron chi connectivity index (χ4n) is 1.81. The Hall–Kier alpha value is -1.32. The third-order valence-corrected chi connectivity index (χ3v) is 2.75. The molecule has 4 nitrogen and oxygen atoms in total. The number of carbonyl (C=O) groups excluding carboxylic acids is 1. The van der Waals surface area contributed by atoms with Gasteiger partial charge >= 0.3 is 0 Å². The molecular formula is C13H23N3O. The summed E-state index contributed by atoms with van der Waals surface area (Å²) in [4.78, 5) is 15.2. The van der Waals surface area contributed by atoms with Crippen molar-refractivity contribution < 1.29 is 4.79 Å². The van der Waals surface area contributed by atoms with Crippen LogP contribution >= 0.6 is 0 Å². The van der Waals surface area contributed by atoms with Crippen LogP contribution in [0.2, 0.25) is 0 Å². The number of nitrogens with zero attached hydrogens (tertiary/aromatic N) is 2. The van der Waals surface area contributed by atoms with Gasteiger partial charge in [0, 0.05) is 31.9 Å². The van der Waals surface area contributed by atoms with Gasteiger partial charge in [0.05, 0.1) is 6.33 Å².